The average Bonchev–Trinajstić information content (AvgIpc) is 2.33. The van der Waals surface area contributed by atoms with Crippen molar-refractivity contribution in [2.75, 3.05) is 23.0 Å². The first kappa shape index (κ1) is 17.0. The number of hydrogen-bond acceptors (Lipinski definition) is 3. The molecule has 0 aromatic heterocycles. The number of hydrogen-bond donors (Lipinski definition) is 3. The fourth-order valence-corrected chi connectivity index (χ4v) is 7.43. The van der Waals surface area contributed by atoms with Crippen molar-refractivity contribution in [2.45, 2.75) is 40.2 Å². The van der Waals surface area contributed by atoms with E-state index in [1.807, 2.05) is 0 Å². The van der Waals surface area contributed by atoms with E-state index in [0.29, 0.717) is 0 Å². The summed E-state index contributed by atoms with van der Waals surface area (Å²) in [5, 5.41) is 9.03. The molecule has 0 aromatic carbocycles. The van der Waals surface area contributed by atoms with Gasteiger partial charge in [0, 0.05) is 6.42 Å². The standard InChI is InChI=1S/C12H26O3S2/c1-5-17(6-2,7-3,8-4)11(14)9-10(13)12(15)16/h10,13,17H,5-9H2,1-4H3,(H,15,16). The van der Waals surface area contributed by atoms with Crippen LogP contribution in [-0.2, 0) is 9.59 Å². The highest BCUT2D eigenvalue weighted by Crippen LogP contribution is 2.69. The fourth-order valence-electron chi connectivity index (χ4n) is 2.56. The second-order valence-electron chi connectivity index (χ2n) is 4.69. The van der Waals surface area contributed by atoms with Crippen LogP contribution in [0.5, 0.6) is 0 Å². The third-order valence-electron chi connectivity index (χ3n) is 4.67. The van der Waals surface area contributed by atoms with Gasteiger partial charge in [-0.25, -0.2) is 9.16 Å². The molecule has 0 bridgehead atoms. The summed E-state index contributed by atoms with van der Waals surface area (Å²) in [6, 6.07) is 0. The molecule has 0 radical (unpaired) electrons. The Labute approximate surface area is 110 Å². The molecule has 0 aliphatic heterocycles. The van der Waals surface area contributed by atoms with Crippen LogP contribution in [0.25, 0.3) is 0 Å². The Hall–Kier alpha value is -0.000000000000000111. The average molecular weight is 282 g/mol. The van der Waals surface area contributed by atoms with Crippen LogP contribution in [0, 0.1) is 0 Å². The highest BCUT2D eigenvalue weighted by Gasteiger charge is 2.42. The van der Waals surface area contributed by atoms with E-state index >= 15 is 0 Å². The van der Waals surface area contributed by atoms with E-state index in [0.717, 1.165) is 23.0 Å². The minimum absolute atomic E-state index is 0.0660. The second kappa shape index (κ2) is 6.25. The summed E-state index contributed by atoms with van der Waals surface area (Å²) in [4.78, 5) is 23.5. The summed E-state index contributed by atoms with van der Waals surface area (Å²) in [7, 11) is -2.42. The van der Waals surface area contributed by atoms with Gasteiger partial charge in [0.1, 0.15) is 6.10 Å². The highest BCUT2D eigenvalue weighted by atomic mass is 32.3. The second-order valence-corrected chi connectivity index (χ2v) is 12.1. The van der Waals surface area contributed by atoms with E-state index in [-0.39, 0.29) is 11.5 Å². The lowest BCUT2D eigenvalue weighted by molar-refractivity contribution is -0.122. The number of carbonyl (C=O) groups is 2. The molecule has 0 amide bonds. The van der Waals surface area contributed by atoms with Crippen LogP contribution in [0.4, 0.5) is 0 Å². The van der Waals surface area contributed by atoms with Crippen LogP contribution < -0.4 is 0 Å². The van der Waals surface area contributed by atoms with Crippen molar-refractivity contribution in [3.8, 4) is 0 Å². The van der Waals surface area contributed by atoms with Gasteiger partial charge >= 0.3 is 0 Å². The Morgan fingerprint density at radius 2 is 1.41 bits per heavy atom. The number of carbonyl (C=O) groups excluding carboxylic acids is 2. The van der Waals surface area contributed by atoms with E-state index in [4.69, 9.17) is 0 Å². The lowest BCUT2D eigenvalue weighted by Gasteiger charge is -2.58. The number of rotatable bonds is 7. The Morgan fingerprint density at radius 1 is 1.06 bits per heavy atom. The normalized spacial score (nSPS) is 16.0. The minimum atomic E-state index is -2.42. The molecule has 0 fully saturated rings. The van der Waals surface area contributed by atoms with Gasteiger partial charge in [0.25, 0.3) is 0 Å². The SMILES string of the molecule is CC[SH](CC)(CC)(CC)C(=O)CC(O)C(=O)S. The quantitative estimate of drug-likeness (QED) is 0.625. The maximum Gasteiger partial charge on any atom is 0.214 e. The molecule has 0 aliphatic carbocycles. The molecule has 0 saturated carbocycles. The number of thiol groups is 2. The van der Waals surface area contributed by atoms with Crippen molar-refractivity contribution in [3.63, 3.8) is 0 Å². The highest BCUT2D eigenvalue weighted by molar-refractivity contribution is 8.59. The van der Waals surface area contributed by atoms with Crippen LogP contribution in [-0.4, -0.2) is 44.5 Å². The molecule has 0 heterocycles. The van der Waals surface area contributed by atoms with Gasteiger partial charge in [-0.1, -0.05) is 27.7 Å². The van der Waals surface area contributed by atoms with Gasteiger partial charge in [-0.05, 0) is 23.0 Å². The minimum Gasteiger partial charge on any atom is -0.384 e. The monoisotopic (exact) mass is 282 g/mol. The smallest absolute Gasteiger partial charge is 0.214 e. The molecular weight excluding hydrogens is 256 g/mol. The molecule has 3 nitrogen and oxygen atoms in total. The lowest BCUT2D eigenvalue weighted by Crippen LogP contribution is -2.38. The summed E-state index contributed by atoms with van der Waals surface area (Å²) < 4.78 is 0. The van der Waals surface area contributed by atoms with Crippen LogP contribution in [0.3, 0.4) is 0 Å². The van der Waals surface area contributed by atoms with E-state index in [1.165, 1.54) is 0 Å². The Bertz CT molecular complexity index is 275. The zero-order chi connectivity index (χ0) is 13.7. The van der Waals surface area contributed by atoms with Crippen molar-refractivity contribution >= 4 is 32.0 Å². The predicted molar refractivity (Wildman–Crippen MR) is 80.8 cm³/mol. The topological polar surface area (TPSA) is 54.4 Å². The third kappa shape index (κ3) is 3.06. The van der Waals surface area contributed by atoms with Crippen molar-refractivity contribution in [3.05, 3.63) is 0 Å². The fraction of sp³-hybridized carbons (Fsp3) is 0.833. The first-order valence-electron chi connectivity index (χ1n) is 6.26. The first-order chi connectivity index (χ1) is 7.81. The van der Waals surface area contributed by atoms with E-state index < -0.39 is 20.4 Å². The molecule has 0 aromatic rings. The molecule has 0 saturated heterocycles. The van der Waals surface area contributed by atoms with Gasteiger partial charge in [-0.3, -0.25) is 9.59 Å². The largest absolute Gasteiger partial charge is 0.384 e. The first-order valence-corrected chi connectivity index (χ1v) is 9.68. The Kier molecular flexibility index (Phi) is 6.25. The summed E-state index contributed by atoms with van der Waals surface area (Å²) in [5.74, 6) is 3.45. The molecule has 104 valence electrons. The van der Waals surface area contributed by atoms with E-state index in [1.54, 1.807) is 0 Å². The molecule has 1 N–H and O–H groups in total. The zero-order valence-electron chi connectivity index (χ0n) is 11.3. The van der Waals surface area contributed by atoms with Gasteiger partial charge in [-0.15, -0.1) is 12.6 Å². The van der Waals surface area contributed by atoms with Gasteiger partial charge in [0.05, 0.1) is 0 Å². The number of aliphatic hydroxyl groups is 1. The molecule has 0 aliphatic rings. The zero-order valence-corrected chi connectivity index (χ0v) is 13.1. The summed E-state index contributed by atoms with van der Waals surface area (Å²) in [6.07, 6.45) is -1.31. The van der Waals surface area contributed by atoms with Gasteiger partial charge in [0.15, 0.2) is 5.12 Å². The molecule has 1 atom stereocenters. The van der Waals surface area contributed by atoms with Crippen LogP contribution in [0.1, 0.15) is 34.1 Å². The molecule has 5 heteroatoms. The summed E-state index contributed by atoms with van der Waals surface area (Å²) in [6.45, 7) is 8.23. The molecule has 0 spiro atoms. The van der Waals surface area contributed by atoms with Crippen molar-refractivity contribution in [2.24, 2.45) is 0 Å². The predicted octanol–water partition coefficient (Wildman–Crippen LogP) is 1.87. The van der Waals surface area contributed by atoms with Crippen molar-refractivity contribution in [1.29, 1.82) is 0 Å². The van der Waals surface area contributed by atoms with Crippen LogP contribution >= 0.6 is 21.8 Å². The molecule has 1 unspecified atom stereocenters. The van der Waals surface area contributed by atoms with Crippen molar-refractivity contribution in [1.82, 2.24) is 0 Å². The van der Waals surface area contributed by atoms with E-state index in [2.05, 4.69) is 40.3 Å². The Morgan fingerprint density at radius 3 is 1.65 bits per heavy atom. The van der Waals surface area contributed by atoms with Crippen LogP contribution in [0.15, 0.2) is 0 Å². The van der Waals surface area contributed by atoms with E-state index in [9.17, 15) is 14.7 Å². The summed E-state index contributed by atoms with van der Waals surface area (Å²) >= 11 is 3.58. The number of aliphatic hydroxyl groups excluding tert-OH is 1. The lowest BCUT2D eigenvalue weighted by atomic mass is 10.3. The van der Waals surface area contributed by atoms with Gasteiger partial charge < -0.3 is 5.11 Å². The molecule has 17 heavy (non-hydrogen) atoms. The van der Waals surface area contributed by atoms with Crippen molar-refractivity contribution < 1.29 is 14.7 Å². The maximum atomic E-state index is 12.5. The third-order valence-corrected chi connectivity index (χ3v) is 13.2. The maximum absolute atomic E-state index is 12.5. The van der Waals surface area contributed by atoms with Crippen LogP contribution in [0.2, 0.25) is 0 Å². The Balaban J connectivity index is 5.22. The molecular formula is C12H26O3S2. The summed E-state index contributed by atoms with van der Waals surface area (Å²) in [5.41, 5.74) is 0. The van der Waals surface area contributed by atoms with Gasteiger partial charge in [0.2, 0.25) is 5.12 Å². The molecule has 0 rings (SSSR count). The van der Waals surface area contributed by atoms with Gasteiger partial charge in [-0.2, -0.15) is 0 Å².